The predicted octanol–water partition coefficient (Wildman–Crippen LogP) is -0.0787. The summed E-state index contributed by atoms with van der Waals surface area (Å²) in [5.74, 6) is 0. The van der Waals surface area contributed by atoms with Crippen LogP contribution in [0.15, 0.2) is 16.9 Å². The van der Waals surface area contributed by atoms with Crippen molar-refractivity contribution in [2.75, 3.05) is 0 Å². The Kier molecular flexibility index (Phi) is 6.03. The van der Waals surface area contributed by atoms with Gasteiger partial charge in [0.05, 0.1) is 4.60 Å². The summed E-state index contributed by atoms with van der Waals surface area (Å²) in [6, 6.07) is 0.301. The van der Waals surface area contributed by atoms with E-state index in [2.05, 4.69) is 20.9 Å². The summed E-state index contributed by atoms with van der Waals surface area (Å²) < 4.78 is 72.8. The molecule has 0 aliphatic heterocycles. The zero-order valence-corrected chi connectivity index (χ0v) is 12.5. The smallest absolute Gasteiger partial charge is 0.445 e. The molecule has 0 aliphatic rings. The minimum atomic E-state index is -5.76. The van der Waals surface area contributed by atoms with Crippen LogP contribution in [0.3, 0.4) is 0 Å². The van der Waals surface area contributed by atoms with Crippen molar-refractivity contribution in [3.63, 3.8) is 0 Å². The van der Waals surface area contributed by atoms with Gasteiger partial charge in [-0.1, -0.05) is 5.46 Å². The summed E-state index contributed by atoms with van der Waals surface area (Å²) in [4.78, 5) is 3.13. The fourth-order valence-corrected chi connectivity index (χ4v) is 1.60. The van der Waals surface area contributed by atoms with Crippen molar-refractivity contribution in [3.8, 4) is 0 Å². The van der Waals surface area contributed by atoms with E-state index < -0.39 is 28.8 Å². The maximum absolute atomic E-state index is 12.3. The molecular formula is C6H2BBrF6KN. The van der Waals surface area contributed by atoms with Crippen molar-refractivity contribution in [1.29, 1.82) is 0 Å². The number of alkyl halides is 3. The second kappa shape index (κ2) is 5.70. The van der Waals surface area contributed by atoms with Crippen LogP contribution in [0.25, 0.3) is 0 Å². The van der Waals surface area contributed by atoms with E-state index in [1.165, 1.54) is 0 Å². The monoisotopic (exact) mass is 331 g/mol. The van der Waals surface area contributed by atoms with Crippen LogP contribution in [0.4, 0.5) is 26.1 Å². The molecule has 0 unspecified atom stereocenters. The first-order valence-corrected chi connectivity index (χ1v) is 4.35. The van der Waals surface area contributed by atoms with Crippen LogP contribution in [0.5, 0.6) is 0 Å². The number of hydrogen-bond acceptors (Lipinski definition) is 1. The Labute approximate surface area is 138 Å². The Bertz CT molecular complexity index is 378. The molecule has 0 bridgehead atoms. The van der Waals surface area contributed by atoms with E-state index in [-0.39, 0.29) is 51.4 Å². The van der Waals surface area contributed by atoms with Gasteiger partial charge in [0.2, 0.25) is 0 Å². The number of rotatable bonds is 1. The van der Waals surface area contributed by atoms with Crippen molar-refractivity contribution in [2.24, 2.45) is 0 Å². The summed E-state index contributed by atoms with van der Waals surface area (Å²) in [5, 5.41) is 0. The number of aromatic nitrogens is 1. The van der Waals surface area contributed by atoms with Gasteiger partial charge in [-0.05, 0) is 22.0 Å². The Morgan fingerprint density at radius 3 is 2.00 bits per heavy atom. The molecule has 1 aromatic heterocycles. The van der Waals surface area contributed by atoms with Gasteiger partial charge < -0.3 is 12.9 Å². The third-order valence-corrected chi connectivity index (χ3v) is 2.21. The number of hydrogen-bond donors (Lipinski definition) is 0. The quantitative estimate of drug-likeness (QED) is 0.398. The van der Waals surface area contributed by atoms with Crippen molar-refractivity contribution < 1.29 is 77.5 Å². The predicted molar refractivity (Wildman–Crippen MR) is 45.7 cm³/mol. The maximum atomic E-state index is 12.3. The molecular weight excluding hydrogens is 330 g/mol. The molecule has 0 saturated heterocycles. The molecule has 0 N–H and O–H groups in total. The normalized spacial score (nSPS) is 12.2. The van der Waals surface area contributed by atoms with Crippen molar-refractivity contribution >= 4 is 28.4 Å². The van der Waals surface area contributed by atoms with E-state index in [1.54, 1.807) is 0 Å². The van der Waals surface area contributed by atoms with E-state index >= 15 is 0 Å². The van der Waals surface area contributed by atoms with Gasteiger partial charge in [0.15, 0.2) is 0 Å². The van der Waals surface area contributed by atoms with E-state index in [9.17, 15) is 26.1 Å². The molecule has 0 spiro atoms. The third-order valence-electron chi connectivity index (χ3n) is 1.57. The molecule has 10 heteroatoms. The number of halogens is 7. The molecule has 1 aromatic rings. The average Bonchev–Trinajstić information content (AvgIpc) is 1.99. The van der Waals surface area contributed by atoms with Gasteiger partial charge in [-0.15, -0.1) is 0 Å². The van der Waals surface area contributed by atoms with Gasteiger partial charge in [-0.2, -0.15) is 13.2 Å². The summed E-state index contributed by atoms with van der Waals surface area (Å²) in [6.07, 6.45) is -4.38. The zero-order chi connectivity index (χ0) is 11.9. The molecule has 1 rings (SSSR count). The van der Waals surface area contributed by atoms with E-state index in [0.29, 0.717) is 12.3 Å². The topological polar surface area (TPSA) is 12.9 Å². The van der Waals surface area contributed by atoms with Crippen LogP contribution in [0.2, 0.25) is 0 Å². The Morgan fingerprint density at radius 1 is 1.19 bits per heavy atom. The molecule has 1 nitrogen and oxygen atoms in total. The van der Waals surface area contributed by atoms with Crippen LogP contribution in [-0.4, -0.2) is 12.0 Å². The van der Waals surface area contributed by atoms with Gasteiger partial charge in [0.25, 0.3) is 0 Å². The molecule has 0 aromatic carbocycles. The number of pyridine rings is 1. The fourth-order valence-electron chi connectivity index (χ4n) is 1.01. The fraction of sp³-hybridized carbons (Fsp3) is 0.167. The van der Waals surface area contributed by atoms with Crippen LogP contribution in [-0.2, 0) is 6.18 Å². The minimum absolute atomic E-state index is 0. The van der Waals surface area contributed by atoms with Gasteiger partial charge in [-0.25, -0.2) is 0 Å². The van der Waals surface area contributed by atoms with Gasteiger partial charge in [0.1, 0.15) is 0 Å². The third kappa shape index (κ3) is 3.98. The first-order chi connectivity index (χ1) is 6.64. The van der Waals surface area contributed by atoms with Crippen LogP contribution < -0.4 is 56.8 Å². The Morgan fingerprint density at radius 2 is 1.69 bits per heavy atom. The maximum Gasteiger partial charge on any atom is 1.00 e. The molecule has 1 heterocycles. The van der Waals surface area contributed by atoms with Gasteiger partial charge in [0, 0.05) is 11.8 Å². The van der Waals surface area contributed by atoms with Crippen LogP contribution >= 0.6 is 15.9 Å². The molecule has 0 atom stereocenters. The van der Waals surface area contributed by atoms with E-state index in [0.717, 1.165) is 0 Å². The Balaban J connectivity index is 0.00000225. The standard InChI is InChI=1S/C6H2BBrF6N.K/c8-5-4(7(12,13)14)3(1-2-15-5)6(9,10)11;/h1-2H;/q-1;+1. The largest absolute Gasteiger partial charge is 1.00 e. The summed E-state index contributed by atoms with van der Waals surface area (Å²) in [7, 11) is 0. The molecule has 0 amide bonds. The SMILES string of the molecule is F[B-](F)(F)c1c(C(F)(F)F)ccnc1Br.[K+]. The van der Waals surface area contributed by atoms with Crippen LogP contribution in [0.1, 0.15) is 5.56 Å². The number of nitrogens with zero attached hydrogens (tertiary/aromatic N) is 1. The molecule has 0 saturated carbocycles. The van der Waals surface area contributed by atoms with Crippen LogP contribution in [0, 0.1) is 0 Å². The molecule has 16 heavy (non-hydrogen) atoms. The zero-order valence-electron chi connectivity index (χ0n) is 7.83. The summed E-state index contributed by atoms with van der Waals surface area (Å²) in [5.41, 5.74) is -3.47. The summed E-state index contributed by atoms with van der Waals surface area (Å²) in [6.45, 7) is -5.76. The van der Waals surface area contributed by atoms with Gasteiger partial charge in [-0.3, -0.25) is 4.98 Å². The van der Waals surface area contributed by atoms with E-state index in [1.807, 2.05) is 0 Å². The Hall–Kier alpha value is 0.911. The first kappa shape index (κ1) is 16.9. The van der Waals surface area contributed by atoms with Crippen molar-refractivity contribution in [3.05, 3.63) is 22.4 Å². The van der Waals surface area contributed by atoms with Gasteiger partial charge >= 0.3 is 64.5 Å². The van der Waals surface area contributed by atoms with E-state index in [4.69, 9.17) is 0 Å². The minimum Gasteiger partial charge on any atom is -0.445 e. The summed E-state index contributed by atoms with van der Waals surface area (Å²) >= 11 is 2.36. The van der Waals surface area contributed by atoms with Crippen molar-refractivity contribution in [2.45, 2.75) is 6.18 Å². The average molecular weight is 332 g/mol. The molecule has 0 fully saturated rings. The first-order valence-electron chi connectivity index (χ1n) is 3.55. The molecule has 84 valence electrons. The second-order valence-electron chi connectivity index (χ2n) is 2.64. The molecule has 0 radical (unpaired) electrons. The van der Waals surface area contributed by atoms with Crippen molar-refractivity contribution in [1.82, 2.24) is 4.98 Å². The second-order valence-corrected chi connectivity index (χ2v) is 3.39. The molecule has 0 aliphatic carbocycles.